The molecule has 68 heavy (non-hydrogen) atoms. The third kappa shape index (κ3) is 52.9. The molecule has 0 heterocycles. The molecule has 0 radical (unpaired) electrons. The van der Waals surface area contributed by atoms with Crippen LogP contribution in [0.4, 0.5) is 0 Å². The molecule has 0 fully saturated rings. The average molecular weight is 965 g/mol. The van der Waals surface area contributed by atoms with Crippen LogP contribution in [-0.2, 0) is 38.1 Å². The average Bonchev–Trinajstić information content (AvgIpc) is 3.33. The summed E-state index contributed by atoms with van der Waals surface area (Å²) in [7, 11) is 0. The van der Waals surface area contributed by atoms with E-state index in [0.29, 0.717) is 25.7 Å². The first-order chi connectivity index (χ1) is 33.3. The van der Waals surface area contributed by atoms with Crippen LogP contribution in [0.1, 0.15) is 296 Å². The maximum absolute atomic E-state index is 12.1. The Morgan fingerprint density at radius 3 is 0.676 bits per heavy atom. The molecule has 0 rings (SSSR count). The highest BCUT2D eigenvalue weighted by atomic mass is 16.6. The van der Waals surface area contributed by atoms with Crippen LogP contribution in [0, 0.1) is 0 Å². The van der Waals surface area contributed by atoms with Crippen LogP contribution >= 0.6 is 0 Å². The molecule has 0 bridgehead atoms. The molecular weight excluding hydrogens is 857 g/mol. The van der Waals surface area contributed by atoms with Gasteiger partial charge in [0.15, 0.2) is 0 Å². The Morgan fingerprint density at radius 2 is 0.471 bits per heavy atom. The highest BCUT2D eigenvalue weighted by molar-refractivity contribution is 5.70. The third-order valence-corrected chi connectivity index (χ3v) is 12.9. The van der Waals surface area contributed by atoms with E-state index in [1.807, 2.05) is 0 Å². The van der Waals surface area contributed by atoms with Crippen LogP contribution in [-0.4, -0.2) is 72.7 Å². The number of aliphatic hydroxyl groups is 2. The van der Waals surface area contributed by atoms with Gasteiger partial charge in [0, 0.05) is 25.7 Å². The first-order valence-corrected chi connectivity index (χ1v) is 28.9. The van der Waals surface area contributed by atoms with Crippen molar-refractivity contribution in [2.24, 2.45) is 0 Å². The van der Waals surface area contributed by atoms with Gasteiger partial charge in [-0.1, -0.05) is 231 Å². The lowest BCUT2D eigenvalue weighted by molar-refractivity contribution is -0.154. The molecule has 10 nitrogen and oxygen atoms in total. The molecule has 0 amide bonds. The van der Waals surface area contributed by atoms with Crippen molar-refractivity contribution in [3.05, 3.63) is 12.2 Å². The van der Waals surface area contributed by atoms with Crippen LogP contribution in [0.15, 0.2) is 12.2 Å². The molecule has 0 aliphatic rings. The summed E-state index contributed by atoms with van der Waals surface area (Å²) >= 11 is 0. The lowest BCUT2D eigenvalue weighted by Crippen LogP contribution is -2.25. The number of rotatable bonds is 54. The van der Waals surface area contributed by atoms with E-state index >= 15 is 0 Å². The van der Waals surface area contributed by atoms with Gasteiger partial charge in [0.1, 0.15) is 38.6 Å². The van der Waals surface area contributed by atoms with Crippen LogP contribution in [0.5, 0.6) is 0 Å². The predicted molar refractivity (Wildman–Crippen MR) is 279 cm³/mol. The molecule has 0 aromatic carbocycles. The highest BCUT2D eigenvalue weighted by Crippen LogP contribution is 2.16. The standard InChI is InChI=1S/C58H108O10/c1-3-5-7-9-11-13-15-17-18-22-26-30-34-38-42-46-56(62)66-51-54(60)52-68-58(64)48-44-40-36-32-28-24-20-19-23-27-31-35-39-43-47-57(63)67-50-53(59)49-65-55(61)45-41-37-33-29-25-21-16-14-12-10-8-6-4-2/h19-20,53-54,59-60H,3-18,21-52H2,1-2H3. The van der Waals surface area contributed by atoms with Crippen molar-refractivity contribution >= 4 is 23.9 Å². The van der Waals surface area contributed by atoms with E-state index in [4.69, 9.17) is 18.9 Å². The van der Waals surface area contributed by atoms with Crippen molar-refractivity contribution in [3.8, 4) is 0 Å². The Hall–Kier alpha value is -2.46. The van der Waals surface area contributed by atoms with Crippen molar-refractivity contribution in [3.63, 3.8) is 0 Å². The van der Waals surface area contributed by atoms with E-state index in [2.05, 4.69) is 26.0 Å². The largest absolute Gasteiger partial charge is 0.463 e. The number of hydrogen-bond acceptors (Lipinski definition) is 10. The number of unbranched alkanes of at least 4 members (excludes halogenated alkanes) is 36. The van der Waals surface area contributed by atoms with Gasteiger partial charge in [-0.15, -0.1) is 0 Å². The third-order valence-electron chi connectivity index (χ3n) is 12.9. The van der Waals surface area contributed by atoms with E-state index < -0.39 is 12.2 Å². The first-order valence-electron chi connectivity index (χ1n) is 28.9. The molecule has 2 unspecified atom stereocenters. The van der Waals surface area contributed by atoms with Gasteiger partial charge in [-0.3, -0.25) is 19.2 Å². The highest BCUT2D eigenvalue weighted by Gasteiger charge is 2.14. The van der Waals surface area contributed by atoms with Gasteiger partial charge in [0.05, 0.1) is 0 Å². The Morgan fingerprint density at radius 1 is 0.294 bits per heavy atom. The molecule has 2 N–H and O–H groups in total. The fourth-order valence-electron chi connectivity index (χ4n) is 8.43. The lowest BCUT2D eigenvalue weighted by Gasteiger charge is -2.12. The Labute approximate surface area is 418 Å². The number of aliphatic hydroxyl groups excluding tert-OH is 2. The predicted octanol–water partition coefficient (Wildman–Crippen LogP) is 15.6. The molecule has 400 valence electrons. The second kappa shape index (κ2) is 53.9. The van der Waals surface area contributed by atoms with Gasteiger partial charge in [0.2, 0.25) is 0 Å². The minimum atomic E-state index is -0.997. The number of hydrogen-bond donors (Lipinski definition) is 2. The van der Waals surface area contributed by atoms with E-state index in [-0.39, 0.29) is 50.3 Å². The number of carbonyl (C=O) groups excluding carboxylic acids is 4. The topological polar surface area (TPSA) is 146 Å². The van der Waals surface area contributed by atoms with Crippen LogP contribution in [0.2, 0.25) is 0 Å². The minimum Gasteiger partial charge on any atom is -0.463 e. The summed E-state index contributed by atoms with van der Waals surface area (Å²) in [6.45, 7) is 3.93. The molecule has 10 heteroatoms. The molecule has 0 aliphatic carbocycles. The quantitative estimate of drug-likeness (QED) is 0.0261. The lowest BCUT2D eigenvalue weighted by atomic mass is 10.0. The van der Waals surface area contributed by atoms with Crippen molar-refractivity contribution in [1.29, 1.82) is 0 Å². The van der Waals surface area contributed by atoms with Crippen molar-refractivity contribution in [2.45, 2.75) is 309 Å². The van der Waals surface area contributed by atoms with Gasteiger partial charge in [-0.2, -0.15) is 0 Å². The van der Waals surface area contributed by atoms with Gasteiger partial charge in [0.25, 0.3) is 0 Å². The van der Waals surface area contributed by atoms with Gasteiger partial charge in [-0.25, -0.2) is 0 Å². The van der Waals surface area contributed by atoms with Gasteiger partial charge in [-0.05, 0) is 51.4 Å². The first kappa shape index (κ1) is 65.5. The van der Waals surface area contributed by atoms with Crippen LogP contribution in [0.3, 0.4) is 0 Å². The molecule has 0 saturated heterocycles. The summed E-state index contributed by atoms with van der Waals surface area (Å²) in [5.41, 5.74) is 0. The summed E-state index contributed by atoms with van der Waals surface area (Å²) in [6, 6.07) is 0. The smallest absolute Gasteiger partial charge is 0.305 e. The molecule has 0 aromatic rings. The zero-order chi connectivity index (χ0) is 49.6. The number of carbonyl (C=O) groups is 4. The van der Waals surface area contributed by atoms with E-state index in [0.717, 1.165) is 116 Å². The second-order valence-electron chi connectivity index (χ2n) is 19.8. The fraction of sp³-hybridized carbons (Fsp3) is 0.897. The zero-order valence-electron chi connectivity index (χ0n) is 44.4. The van der Waals surface area contributed by atoms with Crippen LogP contribution in [0.25, 0.3) is 0 Å². The van der Waals surface area contributed by atoms with Gasteiger partial charge < -0.3 is 29.2 Å². The van der Waals surface area contributed by atoms with Crippen LogP contribution < -0.4 is 0 Å². The molecule has 2 atom stereocenters. The molecule has 0 aliphatic heterocycles. The molecule has 0 aromatic heterocycles. The van der Waals surface area contributed by atoms with E-state index in [9.17, 15) is 29.4 Å². The Kier molecular flexibility index (Phi) is 51.9. The van der Waals surface area contributed by atoms with E-state index in [1.54, 1.807) is 0 Å². The summed E-state index contributed by atoms with van der Waals surface area (Å²) < 4.78 is 20.7. The number of allylic oxidation sites excluding steroid dienone is 2. The normalized spacial score (nSPS) is 12.4. The maximum Gasteiger partial charge on any atom is 0.305 e. The van der Waals surface area contributed by atoms with Crippen molar-refractivity contribution in [1.82, 2.24) is 0 Å². The SMILES string of the molecule is CCCCCCCCCCCCCCCCCC(=O)OCC(O)COC(=O)CCCCCCCC=CCCCCCCCC(=O)OCC(O)COC(=O)CCCCCCCCCCCCCCC. The second-order valence-corrected chi connectivity index (χ2v) is 19.8. The molecular formula is C58H108O10. The number of ether oxygens (including phenoxy) is 4. The van der Waals surface area contributed by atoms with Gasteiger partial charge >= 0.3 is 23.9 Å². The summed E-state index contributed by atoms with van der Waals surface area (Å²) in [5.74, 6) is -1.25. The van der Waals surface area contributed by atoms with E-state index in [1.165, 1.54) is 141 Å². The Balaban J connectivity index is 3.49. The summed E-state index contributed by atoms with van der Waals surface area (Å²) in [4.78, 5) is 48.2. The summed E-state index contributed by atoms with van der Waals surface area (Å²) in [6.07, 6.45) is 51.6. The maximum atomic E-state index is 12.1. The molecule has 0 spiro atoms. The Bertz CT molecular complexity index is 1140. The zero-order valence-corrected chi connectivity index (χ0v) is 44.4. The minimum absolute atomic E-state index is 0.142. The number of esters is 4. The fourth-order valence-corrected chi connectivity index (χ4v) is 8.43. The molecule has 0 saturated carbocycles. The van der Waals surface area contributed by atoms with Crippen molar-refractivity contribution in [2.75, 3.05) is 26.4 Å². The summed E-state index contributed by atoms with van der Waals surface area (Å²) in [5, 5.41) is 20.1. The monoisotopic (exact) mass is 965 g/mol. The van der Waals surface area contributed by atoms with Crippen molar-refractivity contribution < 1.29 is 48.3 Å².